The summed E-state index contributed by atoms with van der Waals surface area (Å²) in [5.74, 6) is 0.654. The Labute approximate surface area is 122 Å². The maximum atomic E-state index is 5.32. The van der Waals surface area contributed by atoms with Gasteiger partial charge in [0.15, 0.2) is 0 Å². The Kier molecular flexibility index (Phi) is 4.80. The lowest BCUT2D eigenvalue weighted by molar-refractivity contribution is 0.327. The van der Waals surface area contributed by atoms with E-state index in [1.54, 1.807) is 6.20 Å². The molecule has 0 spiro atoms. The van der Waals surface area contributed by atoms with E-state index in [2.05, 4.69) is 39.2 Å². The number of hydrogen-bond acceptors (Lipinski definition) is 3. The molecule has 1 unspecified atom stereocenters. The monoisotopic (exact) mass is 320 g/mol. The van der Waals surface area contributed by atoms with Crippen LogP contribution in [0.5, 0.6) is 5.88 Å². The van der Waals surface area contributed by atoms with Crippen molar-refractivity contribution in [2.75, 3.05) is 11.9 Å². The molecule has 3 nitrogen and oxygen atoms in total. The van der Waals surface area contributed by atoms with E-state index in [-0.39, 0.29) is 6.04 Å². The van der Waals surface area contributed by atoms with Crippen molar-refractivity contribution in [2.24, 2.45) is 0 Å². The molecule has 2 aromatic rings. The van der Waals surface area contributed by atoms with Gasteiger partial charge in [-0.05, 0) is 31.5 Å². The summed E-state index contributed by atoms with van der Waals surface area (Å²) in [5, 5.41) is 3.42. The van der Waals surface area contributed by atoms with Crippen LogP contribution in [0.4, 0.5) is 5.69 Å². The lowest BCUT2D eigenvalue weighted by atomic mass is 10.1. The van der Waals surface area contributed by atoms with Gasteiger partial charge >= 0.3 is 0 Å². The molecule has 1 aromatic carbocycles. The van der Waals surface area contributed by atoms with Crippen LogP contribution in [0.3, 0.4) is 0 Å². The number of ether oxygens (including phenoxy) is 1. The van der Waals surface area contributed by atoms with Crippen molar-refractivity contribution >= 4 is 21.6 Å². The van der Waals surface area contributed by atoms with E-state index in [0.717, 1.165) is 10.2 Å². The summed E-state index contributed by atoms with van der Waals surface area (Å²) >= 11 is 3.57. The highest BCUT2D eigenvalue weighted by atomic mass is 79.9. The third-order valence-electron chi connectivity index (χ3n) is 2.78. The molecule has 0 radical (unpaired) electrons. The van der Waals surface area contributed by atoms with Gasteiger partial charge in [-0.2, -0.15) is 0 Å². The Morgan fingerprint density at radius 3 is 2.68 bits per heavy atom. The average molecular weight is 321 g/mol. The predicted octanol–water partition coefficient (Wildman–Crippen LogP) is 4.42. The van der Waals surface area contributed by atoms with Gasteiger partial charge in [0, 0.05) is 16.6 Å². The van der Waals surface area contributed by atoms with Gasteiger partial charge < -0.3 is 10.1 Å². The second-order valence-corrected chi connectivity index (χ2v) is 5.06. The van der Waals surface area contributed by atoms with Crippen molar-refractivity contribution in [1.29, 1.82) is 0 Å². The molecule has 2 rings (SSSR count). The molecule has 1 N–H and O–H groups in total. The van der Waals surface area contributed by atoms with Crippen LogP contribution < -0.4 is 10.1 Å². The molecule has 0 bridgehead atoms. The first-order valence-corrected chi connectivity index (χ1v) is 7.10. The molecule has 19 heavy (non-hydrogen) atoms. The summed E-state index contributed by atoms with van der Waals surface area (Å²) in [6.07, 6.45) is 1.79. The SMILES string of the molecule is CCOc1ccc(NC(C)c2ccccc2Br)cn1. The largest absolute Gasteiger partial charge is 0.478 e. The molecule has 1 heterocycles. The molecular weight excluding hydrogens is 304 g/mol. The zero-order valence-electron chi connectivity index (χ0n) is 11.1. The first-order valence-electron chi connectivity index (χ1n) is 6.30. The van der Waals surface area contributed by atoms with Gasteiger partial charge in [-0.1, -0.05) is 34.1 Å². The minimum Gasteiger partial charge on any atom is -0.478 e. The van der Waals surface area contributed by atoms with Gasteiger partial charge in [0.2, 0.25) is 5.88 Å². The fraction of sp³-hybridized carbons (Fsp3) is 0.267. The van der Waals surface area contributed by atoms with Crippen LogP contribution in [-0.2, 0) is 0 Å². The highest BCUT2D eigenvalue weighted by Gasteiger charge is 2.08. The van der Waals surface area contributed by atoms with E-state index in [9.17, 15) is 0 Å². The van der Waals surface area contributed by atoms with E-state index in [4.69, 9.17) is 4.74 Å². The van der Waals surface area contributed by atoms with E-state index in [1.807, 2.05) is 37.3 Å². The Balaban J connectivity index is 2.06. The Hall–Kier alpha value is -1.55. The molecule has 0 amide bonds. The lowest BCUT2D eigenvalue weighted by Crippen LogP contribution is -2.07. The Bertz CT molecular complexity index is 528. The molecule has 0 saturated heterocycles. The molecule has 0 aliphatic rings. The summed E-state index contributed by atoms with van der Waals surface area (Å²) in [7, 11) is 0. The standard InChI is InChI=1S/C15H17BrN2O/c1-3-19-15-9-8-12(10-17-15)18-11(2)13-6-4-5-7-14(13)16/h4-11,18H,3H2,1-2H3. The minimum absolute atomic E-state index is 0.204. The van der Waals surface area contributed by atoms with Gasteiger partial charge in [0.05, 0.1) is 18.5 Å². The molecule has 0 saturated carbocycles. The first-order chi connectivity index (χ1) is 9.20. The number of anilines is 1. The summed E-state index contributed by atoms with van der Waals surface area (Å²) < 4.78 is 6.43. The topological polar surface area (TPSA) is 34.1 Å². The van der Waals surface area contributed by atoms with E-state index < -0.39 is 0 Å². The van der Waals surface area contributed by atoms with Gasteiger partial charge in [0.25, 0.3) is 0 Å². The number of nitrogens with one attached hydrogen (secondary N) is 1. The second kappa shape index (κ2) is 6.57. The van der Waals surface area contributed by atoms with E-state index in [0.29, 0.717) is 12.5 Å². The number of nitrogens with zero attached hydrogens (tertiary/aromatic N) is 1. The van der Waals surface area contributed by atoms with Crippen LogP contribution in [-0.4, -0.2) is 11.6 Å². The number of pyridine rings is 1. The molecule has 100 valence electrons. The molecule has 0 aliphatic carbocycles. The summed E-state index contributed by atoms with van der Waals surface area (Å²) in [6.45, 7) is 4.70. The van der Waals surface area contributed by atoms with Crippen LogP contribution in [0.1, 0.15) is 25.5 Å². The molecule has 0 fully saturated rings. The summed E-state index contributed by atoms with van der Waals surface area (Å²) in [5.41, 5.74) is 2.20. The molecule has 1 atom stereocenters. The Morgan fingerprint density at radius 1 is 1.26 bits per heavy atom. The van der Waals surface area contributed by atoms with Crippen LogP contribution in [0.15, 0.2) is 47.1 Å². The maximum Gasteiger partial charge on any atom is 0.213 e. The highest BCUT2D eigenvalue weighted by molar-refractivity contribution is 9.10. The fourth-order valence-corrected chi connectivity index (χ4v) is 2.48. The second-order valence-electron chi connectivity index (χ2n) is 4.21. The normalized spacial score (nSPS) is 11.9. The fourth-order valence-electron chi connectivity index (χ4n) is 1.85. The van der Waals surface area contributed by atoms with Crippen molar-refractivity contribution in [3.8, 4) is 5.88 Å². The zero-order valence-corrected chi connectivity index (χ0v) is 12.6. The van der Waals surface area contributed by atoms with E-state index >= 15 is 0 Å². The quantitative estimate of drug-likeness (QED) is 0.885. The van der Waals surface area contributed by atoms with Gasteiger partial charge in [-0.15, -0.1) is 0 Å². The highest BCUT2D eigenvalue weighted by Crippen LogP contribution is 2.26. The molecule has 0 aliphatic heterocycles. The lowest BCUT2D eigenvalue weighted by Gasteiger charge is -2.17. The maximum absolute atomic E-state index is 5.32. The molecule has 4 heteroatoms. The van der Waals surface area contributed by atoms with Crippen molar-refractivity contribution in [1.82, 2.24) is 4.98 Å². The van der Waals surface area contributed by atoms with Crippen LogP contribution in [0, 0.1) is 0 Å². The van der Waals surface area contributed by atoms with Gasteiger partial charge in [-0.25, -0.2) is 4.98 Å². The van der Waals surface area contributed by atoms with Crippen molar-refractivity contribution in [3.63, 3.8) is 0 Å². The molecular formula is C15H17BrN2O. The first kappa shape index (κ1) is 13.9. The third-order valence-corrected chi connectivity index (χ3v) is 3.51. The summed E-state index contributed by atoms with van der Waals surface area (Å²) in [6, 6.07) is 12.3. The number of hydrogen-bond donors (Lipinski definition) is 1. The third kappa shape index (κ3) is 3.70. The van der Waals surface area contributed by atoms with Crippen LogP contribution in [0.25, 0.3) is 0 Å². The van der Waals surface area contributed by atoms with Gasteiger partial charge in [0.1, 0.15) is 0 Å². The Morgan fingerprint density at radius 2 is 2.05 bits per heavy atom. The number of benzene rings is 1. The zero-order chi connectivity index (χ0) is 13.7. The smallest absolute Gasteiger partial charge is 0.213 e. The van der Waals surface area contributed by atoms with Crippen molar-refractivity contribution in [2.45, 2.75) is 19.9 Å². The van der Waals surface area contributed by atoms with Crippen molar-refractivity contribution in [3.05, 3.63) is 52.6 Å². The number of aromatic nitrogens is 1. The van der Waals surface area contributed by atoms with Crippen molar-refractivity contribution < 1.29 is 4.74 Å². The van der Waals surface area contributed by atoms with E-state index in [1.165, 1.54) is 5.56 Å². The minimum atomic E-state index is 0.204. The number of rotatable bonds is 5. The summed E-state index contributed by atoms with van der Waals surface area (Å²) in [4.78, 5) is 4.24. The molecule has 1 aromatic heterocycles. The van der Waals surface area contributed by atoms with Crippen LogP contribution >= 0.6 is 15.9 Å². The van der Waals surface area contributed by atoms with Gasteiger partial charge in [-0.3, -0.25) is 0 Å². The number of halogens is 1. The average Bonchev–Trinajstić information content (AvgIpc) is 2.42. The predicted molar refractivity (Wildman–Crippen MR) is 81.6 cm³/mol. The van der Waals surface area contributed by atoms with Crippen LogP contribution in [0.2, 0.25) is 0 Å².